The highest BCUT2D eigenvalue weighted by Gasteiger charge is 2.28. The number of phenolic OH excluding ortho intramolecular Hbond substituents is 1. The molecule has 0 aromatic heterocycles. The van der Waals surface area contributed by atoms with Gasteiger partial charge in [-0.25, -0.2) is 0 Å². The highest BCUT2D eigenvalue weighted by molar-refractivity contribution is 7.86. The largest absolute Gasteiger partial charge is 0.505 e. The lowest BCUT2D eigenvalue weighted by Gasteiger charge is -2.14. The van der Waals surface area contributed by atoms with Gasteiger partial charge >= 0.3 is 11.4 Å². The van der Waals surface area contributed by atoms with Gasteiger partial charge in [0.05, 0.1) is 22.4 Å². The minimum atomic E-state index is -5.07. The predicted molar refractivity (Wildman–Crippen MR) is 140 cm³/mol. The van der Waals surface area contributed by atoms with Gasteiger partial charge in [0.2, 0.25) is 10.8 Å². The molecule has 40 heavy (non-hydrogen) atoms. The van der Waals surface area contributed by atoms with Crippen LogP contribution in [0, 0.1) is 10.8 Å². The second kappa shape index (κ2) is 10.4. The second-order valence-electron chi connectivity index (χ2n) is 7.89. The SMILES string of the molecule is N#[N+]c1ccc(N=Nc2c(S(=O)(=O)O)cc3cc(S(=O)(=O)O)c(N=Nc4ccc([N+]#N)cc4)c(O)c3c2N)cc1. The van der Waals surface area contributed by atoms with Crippen LogP contribution in [0.3, 0.4) is 0 Å². The molecule has 4 rings (SSSR count). The molecule has 0 saturated heterocycles. The van der Waals surface area contributed by atoms with E-state index in [2.05, 4.69) is 30.4 Å². The molecule has 0 bridgehead atoms. The molecule has 0 saturated carbocycles. The number of azo groups is 2. The fraction of sp³-hybridized carbons (Fsp3) is 0. The van der Waals surface area contributed by atoms with Gasteiger partial charge in [0, 0.05) is 24.3 Å². The molecule has 16 nitrogen and oxygen atoms in total. The number of hydrogen-bond donors (Lipinski definition) is 4. The van der Waals surface area contributed by atoms with Crippen LogP contribution in [0.25, 0.3) is 20.7 Å². The summed E-state index contributed by atoms with van der Waals surface area (Å²) in [7, 11) is -10.1. The van der Waals surface area contributed by atoms with E-state index in [-0.39, 0.29) is 33.5 Å². The first-order valence-electron chi connectivity index (χ1n) is 10.6. The zero-order valence-corrected chi connectivity index (χ0v) is 21.4. The van der Waals surface area contributed by atoms with Crippen molar-refractivity contribution in [1.82, 2.24) is 0 Å². The average Bonchev–Trinajstić information content (AvgIpc) is 2.91. The van der Waals surface area contributed by atoms with Gasteiger partial charge in [0.25, 0.3) is 20.2 Å². The van der Waals surface area contributed by atoms with E-state index in [1.54, 1.807) is 0 Å². The first-order chi connectivity index (χ1) is 18.8. The number of rotatable bonds is 6. The Morgan fingerprint density at radius 1 is 0.675 bits per heavy atom. The molecule has 4 aromatic carbocycles. The Morgan fingerprint density at radius 2 is 1.07 bits per heavy atom. The second-order valence-corrected chi connectivity index (χ2v) is 10.7. The maximum Gasteiger partial charge on any atom is 0.385 e. The third-order valence-electron chi connectivity index (χ3n) is 5.33. The number of nitrogens with two attached hydrogens (primary N) is 1. The number of anilines is 1. The van der Waals surface area contributed by atoms with Crippen molar-refractivity contribution < 1.29 is 31.0 Å². The number of nitrogen functional groups attached to an aromatic ring is 1. The predicted octanol–water partition coefficient (Wildman–Crippen LogP) is 6.42. The van der Waals surface area contributed by atoms with Gasteiger partial charge in [-0.15, -0.1) is 10.2 Å². The summed E-state index contributed by atoms with van der Waals surface area (Å²) in [6.45, 7) is 0. The van der Waals surface area contributed by atoms with Crippen LogP contribution in [0.1, 0.15) is 0 Å². The lowest BCUT2D eigenvalue weighted by Crippen LogP contribution is -2.03. The lowest BCUT2D eigenvalue weighted by atomic mass is 10.1. The van der Waals surface area contributed by atoms with Gasteiger partial charge < -0.3 is 10.8 Å². The van der Waals surface area contributed by atoms with Gasteiger partial charge in [0.1, 0.15) is 21.2 Å². The Labute approximate surface area is 224 Å². The Bertz CT molecular complexity index is 1890. The normalized spacial score (nSPS) is 12.1. The third-order valence-corrected chi connectivity index (χ3v) is 7.07. The summed E-state index contributed by atoms with van der Waals surface area (Å²) in [6.07, 6.45) is 0. The zero-order chi connectivity index (χ0) is 29.2. The summed E-state index contributed by atoms with van der Waals surface area (Å²) in [5.41, 5.74) is 4.93. The summed E-state index contributed by atoms with van der Waals surface area (Å²) in [5.74, 6) is -0.916. The molecule has 0 aliphatic heterocycles. The summed E-state index contributed by atoms with van der Waals surface area (Å²) < 4.78 is 68.2. The average molecular weight is 582 g/mol. The van der Waals surface area contributed by atoms with Crippen molar-refractivity contribution in [3.63, 3.8) is 0 Å². The van der Waals surface area contributed by atoms with Crippen molar-refractivity contribution in [3.05, 3.63) is 70.6 Å². The number of aromatic hydroxyl groups is 1. The number of phenols is 1. The Hall–Kier alpha value is -5.40. The monoisotopic (exact) mass is 581 g/mol. The summed E-state index contributed by atoms with van der Waals surface area (Å²) in [6, 6.07) is 12.5. The van der Waals surface area contributed by atoms with E-state index >= 15 is 0 Å². The highest BCUT2D eigenvalue weighted by Crippen LogP contribution is 2.48. The molecular weight excluding hydrogens is 566 g/mol. The highest BCUT2D eigenvalue weighted by atomic mass is 32.2. The molecule has 0 unspecified atom stereocenters. The minimum Gasteiger partial charge on any atom is -0.505 e. The summed E-state index contributed by atoms with van der Waals surface area (Å²) in [4.78, 5) is 4.13. The van der Waals surface area contributed by atoms with Crippen molar-refractivity contribution in [3.8, 4) is 5.75 Å². The number of nitrogens with zero attached hydrogens (tertiary/aromatic N) is 8. The first-order valence-corrected chi connectivity index (χ1v) is 13.5. The Balaban J connectivity index is 1.98. The fourth-order valence-corrected chi connectivity index (χ4v) is 4.82. The molecule has 18 heteroatoms. The smallest absolute Gasteiger partial charge is 0.385 e. The van der Waals surface area contributed by atoms with Crippen LogP contribution in [-0.4, -0.2) is 31.0 Å². The van der Waals surface area contributed by atoms with E-state index in [0.717, 1.165) is 12.1 Å². The minimum absolute atomic E-state index is 0.136. The van der Waals surface area contributed by atoms with E-state index < -0.39 is 52.8 Å². The number of benzene rings is 4. The maximum absolute atomic E-state index is 12.2. The van der Waals surface area contributed by atoms with Gasteiger partial charge in [-0.2, -0.15) is 27.1 Å². The topological polar surface area (TPSA) is 261 Å². The molecule has 0 spiro atoms. The van der Waals surface area contributed by atoms with Gasteiger partial charge in [-0.3, -0.25) is 9.11 Å². The molecule has 5 N–H and O–H groups in total. The van der Waals surface area contributed by atoms with E-state index in [1.807, 2.05) is 0 Å². The van der Waals surface area contributed by atoms with E-state index in [9.17, 15) is 31.0 Å². The van der Waals surface area contributed by atoms with Crippen molar-refractivity contribution in [2.45, 2.75) is 9.79 Å². The van der Waals surface area contributed by atoms with E-state index in [4.69, 9.17) is 16.5 Å². The number of fused-ring (bicyclic) bond motifs is 1. The van der Waals surface area contributed by atoms with E-state index in [0.29, 0.717) is 0 Å². The van der Waals surface area contributed by atoms with Crippen LogP contribution < -0.4 is 5.73 Å². The lowest BCUT2D eigenvalue weighted by molar-refractivity contribution is 0.472. The first kappa shape index (κ1) is 27.6. The third kappa shape index (κ3) is 5.55. The molecule has 0 heterocycles. The number of hydrogen-bond acceptors (Lipinski definition) is 12. The number of diazo groups is 2. The molecule has 0 radical (unpaired) electrons. The van der Waals surface area contributed by atoms with E-state index in [1.165, 1.54) is 48.5 Å². The van der Waals surface area contributed by atoms with Crippen LogP contribution in [0.4, 0.5) is 39.8 Å². The Morgan fingerprint density at radius 3 is 1.48 bits per heavy atom. The summed E-state index contributed by atoms with van der Waals surface area (Å²) >= 11 is 0. The molecule has 0 atom stereocenters. The zero-order valence-electron chi connectivity index (χ0n) is 19.7. The fourth-order valence-electron chi connectivity index (χ4n) is 3.49. The van der Waals surface area contributed by atoms with Crippen molar-refractivity contribution in [2.24, 2.45) is 20.5 Å². The van der Waals surface area contributed by atoms with Crippen molar-refractivity contribution in [1.29, 1.82) is 10.8 Å². The van der Waals surface area contributed by atoms with Gasteiger partial charge in [-0.05, 0) is 41.8 Å². The van der Waals surface area contributed by atoms with Gasteiger partial charge in [0.15, 0.2) is 15.7 Å². The van der Waals surface area contributed by atoms with Crippen molar-refractivity contribution >= 4 is 70.8 Å². The standard InChI is InChI=1S/C22H13N9O7S2/c23-19-18-11(9-16(39(33,34)35)20(19)30-28-14-5-1-12(26-24)2-6-14)10-17(40(36,37)38)21(22(18)32)31-29-15-7-3-13(27-25)4-8-15/h1-10H,(H3-2,23,28,29,32,33,34,35,36,37,38)/p+2. The van der Waals surface area contributed by atoms with Crippen LogP contribution >= 0.6 is 0 Å². The van der Waals surface area contributed by atoms with Crippen molar-refractivity contribution in [2.75, 3.05) is 5.73 Å². The van der Waals surface area contributed by atoms with Crippen LogP contribution in [0.15, 0.2) is 90.9 Å². The van der Waals surface area contributed by atoms with Crippen LogP contribution in [0.5, 0.6) is 5.75 Å². The quantitative estimate of drug-likeness (QED) is 0.0839. The molecule has 200 valence electrons. The molecule has 0 aliphatic rings. The van der Waals surface area contributed by atoms with Crippen LogP contribution in [0.2, 0.25) is 0 Å². The van der Waals surface area contributed by atoms with Gasteiger partial charge in [-0.1, -0.05) is 0 Å². The summed E-state index contributed by atoms with van der Waals surface area (Å²) in [5, 5.41) is 43.2. The molecule has 0 fully saturated rings. The molecule has 0 aliphatic carbocycles. The van der Waals surface area contributed by atoms with Crippen LogP contribution in [-0.2, 0) is 20.2 Å². The maximum atomic E-state index is 12.2. The molecular formula is C22H15N9O7S2+2. The Kier molecular flexibility index (Phi) is 7.18. The molecule has 4 aromatic rings. The molecule has 0 amide bonds.